The van der Waals surface area contributed by atoms with Gasteiger partial charge in [-0.05, 0) is 38.5 Å². The maximum absolute atomic E-state index is 13.3. The van der Waals surface area contributed by atoms with E-state index in [0.717, 1.165) is 38.5 Å². The predicted molar refractivity (Wildman–Crippen MR) is 78.6 cm³/mol. The van der Waals surface area contributed by atoms with Gasteiger partial charge in [0.25, 0.3) is 0 Å². The van der Waals surface area contributed by atoms with E-state index >= 15 is 0 Å². The van der Waals surface area contributed by atoms with Gasteiger partial charge in [0.2, 0.25) is 0 Å². The molecule has 1 heterocycles. The van der Waals surface area contributed by atoms with E-state index < -0.39 is 0 Å². The van der Waals surface area contributed by atoms with Crippen molar-refractivity contribution in [1.29, 1.82) is 0 Å². The maximum Gasteiger partial charge on any atom is 0.0577 e. The minimum absolute atomic E-state index is 0.238. The first kappa shape index (κ1) is 14.8. The molecule has 3 rings (SSSR count). The third-order valence-corrected chi connectivity index (χ3v) is 6.16. The van der Waals surface area contributed by atoms with Crippen LogP contribution < -0.4 is 0 Å². The van der Waals surface area contributed by atoms with E-state index in [2.05, 4.69) is 0 Å². The molecule has 3 fully saturated rings. The Labute approximate surface area is 123 Å². The van der Waals surface area contributed by atoms with Crippen LogP contribution in [-0.4, -0.2) is 27.4 Å². The van der Waals surface area contributed by atoms with E-state index in [1.54, 1.807) is 5.06 Å². The molecule has 3 nitrogen and oxygen atoms in total. The molecule has 0 aromatic heterocycles. The molecule has 1 saturated heterocycles. The van der Waals surface area contributed by atoms with Gasteiger partial charge in [-0.25, -0.2) is 0 Å². The maximum atomic E-state index is 13.3. The highest BCUT2D eigenvalue weighted by atomic mass is 16.5. The van der Waals surface area contributed by atoms with Crippen molar-refractivity contribution in [2.75, 3.05) is 0 Å². The van der Waals surface area contributed by atoms with Crippen LogP contribution in [0.25, 0.3) is 0 Å². The molecule has 2 saturated carbocycles. The summed E-state index contributed by atoms with van der Waals surface area (Å²) < 4.78 is 0. The summed E-state index contributed by atoms with van der Waals surface area (Å²) in [5.41, 5.74) is -0.475. The van der Waals surface area contributed by atoms with Gasteiger partial charge in [-0.2, -0.15) is 0 Å². The van der Waals surface area contributed by atoms with Crippen molar-refractivity contribution >= 4 is 0 Å². The zero-order valence-electron chi connectivity index (χ0n) is 12.8. The van der Waals surface area contributed by atoms with Crippen LogP contribution in [0.2, 0.25) is 0 Å². The molecule has 3 aliphatic rings. The smallest absolute Gasteiger partial charge is 0.0577 e. The lowest BCUT2D eigenvalue weighted by atomic mass is 9.70. The van der Waals surface area contributed by atoms with Crippen LogP contribution in [0, 0.1) is 0 Å². The summed E-state index contributed by atoms with van der Waals surface area (Å²) in [7, 11) is 0. The van der Waals surface area contributed by atoms with Gasteiger partial charge in [-0.1, -0.05) is 51.4 Å². The Morgan fingerprint density at radius 2 is 1.05 bits per heavy atom. The lowest BCUT2D eigenvalue weighted by Gasteiger charge is -2.54. The van der Waals surface area contributed by atoms with Gasteiger partial charge in [0.05, 0.1) is 17.2 Å². The summed E-state index contributed by atoms with van der Waals surface area (Å²) in [4.78, 5) is 0. The highest BCUT2D eigenvalue weighted by Gasteiger charge is 2.54. The summed E-state index contributed by atoms with van der Waals surface area (Å²) in [6.45, 7) is 0. The zero-order valence-corrected chi connectivity index (χ0v) is 12.8. The van der Waals surface area contributed by atoms with Gasteiger partial charge >= 0.3 is 0 Å². The number of nitrogens with zero attached hydrogens (tertiary/aromatic N) is 1. The SMILES string of the molecule is [O]N1C2(CCCCCC2)CC(O)CC12CCCCCC2. The molecule has 0 atom stereocenters. The van der Waals surface area contributed by atoms with Crippen molar-refractivity contribution in [3.63, 3.8) is 0 Å². The second kappa shape index (κ2) is 5.94. The van der Waals surface area contributed by atoms with Crippen LogP contribution in [-0.2, 0) is 5.21 Å². The third kappa shape index (κ3) is 2.65. The summed E-state index contributed by atoms with van der Waals surface area (Å²) in [5.74, 6) is 0. The molecular formula is C17H30NO2. The molecule has 3 heteroatoms. The van der Waals surface area contributed by atoms with Crippen molar-refractivity contribution in [3.05, 3.63) is 0 Å². The average molecular weight is 280 g/mol. The van der Waals surface area contributed by atoms with E-state index in [0.29, 0.717) is 0 Å². The Morgan fingerprint density at radius 3 is 1.40 bits per heavy atom. The molecule has 2 spiro atoms. The van der Waals surface area contributed by atoms with Gasteiger partial charge < -0.3 is 5.11 Å². The van der Waals surface area contributed by atoms with Gasteiger partial charge in [0.15, 0.2) is 0 Å². The van der Waals surface area contributed by atoms with E-state index in [-0.39, 0.29) is 17.2 Å². The summed E-state index contributed by atoms with van der Waals surface area (Å²) >= 11 is 0. The first-order valence-electron chi connectivity index (χ1n) is 8.83. The zero-order chi connectivity index (χ0) is 14.1. The molecule has 1 radical (unpaired) electrons. The van der Waals surface area contributed by atoms with Crippen molar-refractivity contribution < 1.29 is 10.3 Å². The Kier molecular flexibility index (Phi) is 4.40. The lowest BCUT2D eigenvalue weighted by Crippen LogP contribution is -2.64. The highest BCUT2D eigenvalue weighted by Crippen LogP contribution is 2.49. The molecule has 20 heavy (non-hydrogen) atoms. The molecule has 1 N–H and O–H groups in total. The molecule has 0 aromatic rings. The lowest BCUT2D eigenvalue weighted by molar-refractivity contribution is -0.321. The molecule has 0 aromatic carbocycles. The van der Waals surface area contributed by atoms with Gasteiger partial charge in [0.1, 0.15) is 0 Å². The van der Waals surface area contributed by atoms with Crippen molar-refractivity contribution in [3.8, 4) is 0 Å². The number of hydroxylamine groups is 2. The Bertz CT molecular complexity index is 285. The minimum atomic E-state index is -0.253. The summed E-state index contributed by atoms with van der Waals surface area (Å²) in [6, 6.07) is 0. The predicted octanol–water partition coefficient (Wildman–Crippen LogP) is 3.97. The van der Waals surface area contributed by atoms with Crippen LogP contribution in [0.15, 0.2) is 0 Å². The molecule has 115 valence electrons. The Morgan fingerprint density at radius 1 is 0.700 bits per heavy atom. The van der Waals surface area contributed by atoms with Crippen LogP contribution in [0.3, 0.4) is 0 Å². The Hall–Kier alpha value is -0.120. The second-order valence-corrected chi connectivity index (χ2v) is 7.63. The number of aliphatic hydroxyl groups is 1. The van der Waals surface area contributed by atoms with Crippen molar-refractivity contribution in [2.24, 2.45) is 0 Å². The summed E-state index contributed by atoms with van der Waals surface area (Å²) in [5, 5.41) is 25.4. The van der Waals surface area contributed by atoms with Crippen molar-refractivity contribution in [1.82, 2.24) is 5.06 Å². The first-order valence-corrected chi connectivity index (χ1v) is 8.83. The number of hydrogen-bond acceptors (Lipinski definition) is 2. The number of rotatable bonds is 0. The molecular weight excluding hydrogens is 250 g/mol. The van der Waals surface area contributed by atoms with Crippen LogP contribution in [0.1, 0.15) is 89.9 Å². The van der Waals surface area contributed by atoms with E-state index in [1.807, 2.05) is 0 Å². The largest absolute Gasteiger partial charge is 0.393 e. The quantitative estimate of drug-likeness (QED) is 0.729. The molecule has 0 amide bonds. The Balaban J connectivity index is 1.87. The number of hydrogen-bond donors (Lipinski definition) is 1. The number of piperidine rings is 1. The minimum Gasteiger partial charge on any atom is -0.393 e. The average Bonchev–Trinajstić information content (AvgIpc) is 2.78. The number of aliphatic hydroxyl groups excluding tert-OH is 1. The van der Waals surface area contributed by atoms with Gasteiger partial charge in [-0.15, -0.1) is 10.3 Å². The first-order chi connectivity index (χ1) is 9.67. The molecule has 0 unspecified atom stereocenters. The van der Waals surface area contributed by atoms with Crippen LogP contribution >= 0.6 is 0 Å². The third-order valence-electron chi connectivity index (χ3n) is 6.16. The standard InChI is InChI=1S/C17H30NO2/c19-15-13-16(9-5-1-2-6-10-16)18(20)17(14-15)11-7-3-4-8-12-17/h15,19H,1-14H2. The van der Waals surface area contributed by atoms with Gasteiger partial charge in [-0.3, -0.25) is 0 Å². The van der Waals surface area contributed by atoms with E-state index in [9.17, 15) is 10.3 Å². The van der Waals surface area contributed by atoms with Crippen LogP contribution in [0.5, 0.6) is 0 Å². The highest BCUT2D eigenvalue weighted by molar-refractivity contribution is 5.05. The van der Waals surface area contributed by atoms with E-state index in [4.69, 9.17) is 0 Å². The molecule has 1 aliphatic heterocycles. The van der Waals surface area contributed by atoms with Gasteiger partial charge in [0, 0.05) is 0 Å². The summed E-state index contributed by atoms with van der Waals surface area (Å²) in [6.07, 6.45) is 14.9. The second-order valence-electron chi connectivity index (χ2n) is 7.63. The monoisotopic (exact) mass is 280 g/mol. The fraction of sp³-hybridized carbons (Fsp3) is 1.00. The molecule has 0 bridgehead atoms. The van der Waals surface area contributed by atoms with Crippen molar-refractivity contribution in [2.45, 2.75) is 107 Å². The van der Waals surface area contributed by atoms with Crippen LogP contribution in [0.4, 0.5) is 0 Å². The topological polar surface area (TPSA) is 43.4 Å². The van der Waals surface area contributed by atoms with E-state index in [1.165, 1.54) is 51.4 Å². The fourth-order valence-corrected chi connectivity index (χ4v) is 5.21. The normalized spacial score (nSPS) is 34.8. The fourth-order valence-electron chi connectivity index (χ4n) is 5.21. The molecule has 2 aliphatic carbocycles.